The smallest absolute Gasteiger partial charge is 0.336 e. The number of hydrogen-bond acceptors (Lipinski definition) is 2. The molecule has 0 radical (unpaired) electrons. The molecule has 2 nitrogen and oxygen atoms in total. The van der Waals surface area contributed by atoms with Gasteiger partial charge in [0.15, 0.2) is 0 Å². The van der Waals surface area contributed by atoms with Gasteiger partial charge in [0.25, 0.3) is 0 Å². The van der Waals surface area contributed by atoms with Gasteiger partial charge >= 0.3 is 5.63 Å². The minimum Gasteiger partial charge on any atom is -0.423 e. The fourth-order valence-electron chi connectivity index (χ4n) is 2.66. The zero-order valence-electron chi connectivity index (χ0n) is 12.4. The van der Waals surface area contributed by atoms with E-state index in [0.717, 1.165) is 23.8 Å². The summed E-state index contributed by atoms with van der Waals surface area (Å²) >= 11 is 0. The first-order valence-electron chi connectivity index (χ1n) is 7.83. The van der Waals surface area contributed by atoms with Crippen LogP contribution in [-0.4, -0.2) is 0 Å². The van der Waals surface area contributed by atoms with Crippen LogP contribution in [-0.2, 0) is 6.42 Å². The Labute approximate surface area is 120 Å². The number of rotatable bonds is 8. The number of para-hydroxylation sites is 1. The highest BCUT2D eigenvalue weighted by atomic mass is 16.4. The second kappa shape index (κ2) is 7.88. The van der Waals surface area contributed by atoms with E-state index in [1.807, 2.05) is 24.3 Å². The fourth-order valence-corrected chi connectivity index (χ4v) is 2.66. The average Bonchev–Trinajstić information content (AvgIpc) is 2.46. The summed E-state index contributed by atoms with van der Waals surface area (Å²) < 4.78 is 5.22. The molecule has 0 aliphatic rings. The maximum atomic E-state index is 11.5. The second-order valence-corrected chi connectivity index (χ2v) is 5.46. The van der Waals surface area contributed by atoms with Gasteiger partial charge in [-0.3, -0.25) is 0 Å². The van der Waals surface area contributed by atoms with Gasteiger partial charge in [0.2, 0.25) is 0 Å². The second-order valence-electron chi connectivity index (χ2n) is 5.46. The Morgan fingerprint density at radius 2 is 1.65 bits per heavy atom. The molecule has 108 valence electrons. The van der Waals surface area contributed by atoms with Crippen molar-refractivity contribution in [2.24, 2.45) is 0 Å². The summed E-state index contributed by atoms with van der Waals surface area (Å²) in [6.07, 6.45) is 10.0. The molecule has 2 rings (SSSR count). The third-order valence-corrected chi connectivity index (χ3v) is 3.79. The third kappa shape index (κ3) is 4.22. The van der Waals surface area contributed by atoms with Gasteiger partial charge in [-0.15, -0.1) is 0 Å². The van der Waals surface area contributed by atoms with Crippen molar-refractivity contribution >= 4 is 11.0 Å². The Morgan fingerprint density at radius 3 is 2.45 bits per heavy atom. The molecule has 2 heteroatoms. The molecule has 0 aliphatic heterocycles. The SMILES string of the molecule is CCCCCCCCCc1cc(=O)oc2ccccc12. The van der Waals surface area contributed by atoms with Crippen molar-refractivity contribution in [2.75, 3.05) is 0 Å². The molecule has 0 bridgehead atoms. The van der Waals surface area contributed by atoms with E-state index in [9.17, 15) is 4.79 Å². The zero-order chi connectivity index (χ0) is 14.2. The van der Waals surface area contributed by atoms with Crippen molar-refractivity contribution in [1.29, 1.82) is 0 Å². The summed E-state index contributed by atoms with van der Waals surface area (Å²) in [5.41, 5.74) is 1.60. The first-order chi connectivity index (χ1) is 9.81. The van der Waals surface area contributed by atoms with E-state index in [-0.39, 0.29) is 5.63 Å². The van der Waals surface area contributed by atoms with Crippen molar-refractivity contribution in [2.45, 2.75) is 58.3 Å². The van der Waals surface area contributed by atoms with Gasteiger partial charge < -0.3 is 4.42 Å². The van der Waals surface area contributed by atoms with E-state index in [2.05, 4.69) is 6.92 Å². The van der Waals surface area contributed by atoms with Crippen molar-refractivity contribution in [3.8, 4) is 0 Å². The van der Waals surface area contributed by atoms with Crippen molar-refractivity contribution in [3.63, 3.8) is 0 Å². The van der Waals surface area contributed by atoms with Crippen LogP contribution in [0.5, 0.6) is 0 Å². The Morgan fingerprint density at radius 1 is 0.950 bits per heavy atom. The van der Waals surface area contributed by atoms with Gasteiger partial charge in [-0.25, -0.2) is 4.79 Å². The fraction of sp³-hybridized carbons (Fsp3) is 0.500. The molecule has 1 aromatic carbocycles. The van der Waals surface area contributed by atoms with Crippen molar-refractivity contribution in [1.82, 2.24) is 0 Å². The molecule has 0 spiro atoms. The van der Waals surface area contributed by atoms with Crippen LogP contribution in [0.15, 0.2) is 39.5 Å². The summed E-state index contributed by atoms with van der Waals surface area (Å²) in [4.78, 5) is 11.5. The van der Waals surface area contributed by atoms with Crippen LogP contribution in [0.2, 0.25) is 0 Å². The molecule has 1 heterocycles. The topological polar surface area (TPSA) is 30.2 Å². The van der Waals surface area contributed by atoms with E-state index in [4.69, 9.17) is 4.42 Å². The van der Waals surface area contributed by atoms with Crippen molar-refractivity contribution in [3.05, 3.63) is 46.3 Å². The number of aryl methyl sites for hydroxylation is 1. The summed E-state index contributed by atoms with van der Waals surface area (Å²) in [5, 5.41) is 1.08. The van der Waals surface area contributed by atoms with Crippen LogP contribution in [0.3, 0.4) is 0 Å². The minimum absolute atomic E-state index is 0.235. The molecule has 1 aromatic heterocycles. The van der Waals surface area contributed by atoms with Crippen LogP contribution < -0.4 is 5.63 Å². The molecular weight excluding hydrogens is 248 g/mol. The lowest BCUT2D eigenvalue weighted by molar-refractivity contribution is 0.556. The van der Waals surface area contributed by atoms with Crippen LogP contribution in [0, 0.1) is 0 Å². The minimum atomic E-state index is -0.235. The molecule has 0 aliphatic carbocycles. The van der Waals surface area contributed by atoms with E-state index in [1.54, 1.807) is 6.07 Å². The molecule has 0 N–H and O–H groups in total. The largest absolute Gasteiger partial charge is 0.423 e. The summed E-state index contributed by atoms with van der Waals surface area (Å²) in [5.74, 6) is 0. The highest BCUT2D eigenvalue weighted by Gasteiger charge is 2.04. The molecular formula is C18H24O2. The average molecular weight is 272 g/mol. The zero-order valence-corrected chi connectivity index (χ0v) is 12.4. The van der Waals surface area contributed by atoms with Crippen LogP contribution in [0.25, 0.3) is 11.0 Å². The van der Waals surface area contributed by atoms with Crippen molar-refractivity contribution < 1.29 is 4.42 Å². The Kier molecular flexibility index (Phi) is 5.85. The Hall–Kier alpha value is -1.57. The normalized spacial score (nSPS) is 11.1. The van der Waals surface area contributed by atoms with Gasteiger partial charge in [0.05, 0.1) is 0 Å². The predicted molar refractivity (Wildman–Crippen MR) is 84.2 cm³/mol. The molecule has 0 unspecified atom stereocenters. The van der Waals surface area contributed by atoms with Gasteiger partial charge in [0, 0.05) is 11.5 Å². The molecule has 0 fully saturated rings. The summed E-state index contributed by atoms with van der Waals surface area (Å²) in [7, 11) is 0. The lowest BCUT2D eigenvalue weighted by atomic mass is 10.0. The number of benzene rings is 1. The van der Waals surface area contributed by atoms with Crippen LogP contribution >= 0.6 is 0 Å². The quantitative estimate of drug-likeness (QED) is 0.495. The summed E-state index contributed by atoms with van der Waals surface area (Å²) in [6, 6.07) is 9.46. The molecule has 0 atom stereocenters. The van der Waals surface area contributed by atoms with E-state index in [0.29, 0.717) is 5.58 Å². The Bertz CT molecular complexity index is 583. The molecule has 0 amide bonds. The Balaban J connectivity index is 1.88. The highest BCUT2D eigenvalue weighted by molar-refractivity contribution is 5.79. The standard InChI is InChI=1S/C18H24O2/c1-2-3-4-5-6-7-8-11-15-14-18(19)20-17-13-10-9-12-16(15)17/h9-10,12-14H,2-8,11H2,1H3. The molecule has 2 aromatic rings. The maximum absolute atomic E-state index is 11.5. The molecule has 20 heavy (non-hydrogen) atoms. The first-order valence-corrected chi connectivity index (χ1v) is 7.83. The number of fused-ring (bicyclic) bond motifs is 1. The number of unbranched alkanes of at least 4 members (excludes halogenated alkanes) is 6. The lowest BCUT2D eigenvalue weighted by Gasteiger charge is -2.05. The van der Waals surface area contributed by atoms with Gasteiger partial charge in [0.1, 0.15) is 5.58 Å². The predicted octanol–water partition coefficient (Wildman–Crippen LogP) is 5.09. The summed E-state index contributed by atoms with van der Waals surface area (Å²) in [6.45, 7) is 2.24. The first kappa shape index (κ1) is 14.8. The lowest BCUT2D eigenvalue weighted by Crippen LogP contribution is -2.00. The third-order valence-electron chi connectivity index (χ3n) is 3.79. The number of hydrogen-bond donors (Lipinski definition) is 0. The van der Waals surface area contributed by atoms with E-state index >= 15 is 0 Å². The molecule has 0 saturated heterocycles. The van der Waals surface area contributed by atoms with Gasteiger partial charge in [-0.1, -0.05) is 63.6 Å². The van der Waals surface area contributed by atoms with Gasteiger partial charge in [-0.2, -0.15) is 0 Å². The van der Waals surface area contributed by atoms with E-state index in [1.165, 1.54) is 38.5 Å². The maximum Gasteiger partial charge on any atom is 0.336 e. The van der Waals surface area contributed by atoms with Crippen LogP contribution in [0.4, 0.5) is 0 Å². The van der Waals surface area contributed by atoms with Gasteiger partial charge in [-0.05, 0) is 24.5 Å². The molecule has 0 saturated carbocycles. The van der Waals surface area contributed by atoms with E-state index < -0.39 is 0 Å². The van der Waals surface area contributed by atoms with Crippen LogP contribution in [0.1, 0.15) is 57.4 Å². The highest BCUT2D eigenvalue weighted by Crippen LogP contribution is 2.19. The monoisotopic (exact) mass is 272 g/mol.